The molecule has 0 saturated carbocycles. The second-order valence-corrected chi connectivity index (χ2v) is 8.23. The van der Waals surface area contributed by atoms with Gasteiger partial charge in [0.05, 0.1) is 10.6 Å². The van der Waals surface area contributed by atoms with Gasteiger partial charge in [0.2, 0.25) is 5.91 Å². The number of hydrogen-bond donors (Lipinski definition) is 1. The zero-order valence-electron chi connectivity index (χ0n) is 17.8. The van der Waals surface area contributed by atoms with E-state index in [1.54, 1.807) is 36.4 Å². The summed E-state index contributed by atoms with van der Waals surface area (Å²) in [7, 11) is 0. The third-order valence-corrected chi connectivity index (χ3v) is 5.51. The Kier molecular flexibility index (Phi) is 6.24. The molecule has 1 amide bonds. The Labute approximate surface area is 191 Å². The molecule has 0 atom stereocenters. The van der Waals surface area contributed by atoms with Crippen LogP contribution in [0.15, 0.2) is 88.1 Å². The summed E-state index contributed by atoms with van der Waals surface area (Å²) in [5.41, 5.74) is 3.71. The minimum atomic E-state index is -0.464. The van der Waals surface area contributed by atoms with Crippen LogP contribution in [0.5, 0.6) is 0 Å². The lowest BCUT2D eigenvalue weighted by Crippen LogP contribution is -2.08. The largest absolute Gasteiger partial charge is 0.422 e. The summed E-state index contributed by atoms with van der Waals surface area (Å²) < 4.78 is 5.40. The van der Waals surface area contributed by atoms with Crippen molar-refractivity contribution < 1.29 is 9.21 Å². The number of benzene rings is 3. The number of nitrogens with one attached hydrogen (secondary N) is 1. The predicted molar refractivity (Wildman–Crippen MR) is 131 cm³/mol. The fourth-order valence-corrected chi connectivity index (χ4v) is 3.69. The number of carbonyl (C=O) groups excluding carboxylic acids is 1. The summed E-state index contributed by atoms with van der Waals surface area (Å²) in [6.07, 6.45) is 3.24. The highest BCUT2D eigenvalue weighted by atomic mass is 35.5. The number of hydrogen-bond acceptors (Lipinski definition) is 3. The summed E-state index contributed by atoms with van der Waals surface area (Å²) in [6, 6.07) is 22.2. The number of anilines is 1. The van der Waals surface area contributed by atoms with Gasteiger partial charge in [-0.2, -0.15) is 0 Å². The van der Waals surface area contributed by atoms with Crippen LogP contribution in [-0.2, 0) is 4.79 Å². The van der Waals surface area contributed by atoms with E-state index in [2.05, 4.69) is 31.3 Å². The van der Waals surface area contributed by atoms with Crippen molar-refractivity contribution in [2.75, 3.05) is 5.32 Å². The van der Waals surface area contributed by atoms with Crippen LogP contribution in [0.1, 0.15) is 30.9 Å². The van der Waals surface area contributed by atoms with Gasteiger partial charge < -0.3 is 9.73 Å². The van der Waals surface area contributed by atoms with Gasteiger partial charge in [-0.1, -0.05) is 74.0 Å². The molecule has 5 heteroatoms. The summed E-state index contributed by atoms with van der Waals surface area (Å²) in [4.78, 5) is 24.7. The van der Waals surface area contributed by atoms with Crippen LogP contribution in [0.2, 0.25) is 5.02 Å². The molecule has 160 valence electrons. The zero-order chi connectivity index (χ0) is 22.7. The Bertz CT molecular complexity index is 1370. The van der Waals surface area contributed by atoms with Crippen LogP contribution in [0.25, 0.3) is 28.2 Å². The maximum absolute atomic E-state index is 12.4. The van der Waals surface area contributed by atoms with Gasteiger partial charge in [0.25, 0.3) is 0 Å². The molecule has 0 aliphatic heterocycles. The molecule has 0 aliphatic rings. The predicted octanol–water partition coefficient (Wildman–Crippen LogP) is 6.89. The molecule has 32 heavy (non-hydrogen) atoms. The van der Waals surface area contributed by atoms with Gasteiger partial charge in [-0.25, -0.2) is 4.79 Å². The Morgan fingerprint density at radius 3 is 2.44 bits per heavy atom. The molecule has 3 aromatic carbocycles. The van der Waals surface area contributed by atoms with Crippen LogP contribution in [-0.4, -0.2) is 5.91 Å². The van der Waals surface area contributed by atoms with E-state index in [1.807, 2.05) is 30.3 Å². The molecule has 4 aromatic rings. The number of fused-ring (bicyclic) bond motifs is 1. The van der Waals surface area contributed by atoms with E-state index in [0.29, 0.717) is 33.3 Å². The first-order valence-corrected chi connectivity index (χ1v) is 10.7. The highest BCUT2D eigenvalue weighted by Crippen LogP contribution is 2.30. The maximum atomic E-state index is 12.4. The highest BCUT2D eigenvalue weighted by Gasteiger charge is 2.12. The quantitative estimate of drug-likeness (QED) is 0.270. The third kappa shape index (κ3) is 4.82. The molecule has 1 heterocycles. The van der Waals surface area contributed by atoms with Gasteiger partial charge in [0.1, 0.15) is 5.58 Å². The zero-order valence-corrected chi connectivity index (χ0v) is 18.5. The van der Waals surface area contributed by atoms with E-state index in [4.69, 9.17) is 16.0 Å². The van der Waals surface area contributed by atoms with Gasteiger partial charge in [-0.3, -0.25) is 4.79 Å². The Morgan fingerprint density at radius 2 is 1.72 bits per heavy atom. The molecular weight excluding hydrogens is 422 g/mol. The van der Waals surface area contributed by atoms with Crippen molar-refractivity contribution in [3.8, 4) is 11.1 Å². The Balaban J connectivity index is 1.50. The lowest BCUT2D eigenvalue weighted by atomic mass is 10.0. The summed E-state index contributed by atoms with van der Waals surface area (Å²) in [5.74, 6) is 0.192. The standard InChI is InChI=1S/C27H22ClNO3/c1-17(2)19-10-7-18(8-11-19)9-14-26(30)29-21-12-13-22(24(28)16-21)23-15-20-5-3-4-6-25(20)32-27(23)31/h3-17H,1-2H3,(H,29,30)/b14-9+. The van der Waals surface area contributed by atoms with Crippen LogP contribution < -0.4 is 10.9 Å². The first-order chi connectivity index (χ1) is 15.4. The number of halogens is 1. The normalized spacial score (nSPS) is 11.4. The van der Waals surface area contributed by atoms with Crippen molar-refractivity contribution in [2.45, 2.75) is 19.8 Å². The molecule has 1 N–H and O–H groups in total. The van der Waals surface area contributed by atoms with Crippen molar-refractivity contribution in [3.63, 3.8) is 0 Å². The van der Waals surface area contributed by atoms with Gasteiger partial charge in [-0.15, -0.1) is 0 Å². The summed E-state index contributed by atoms with van der Waals surface area (Å²) >= 11 is 6.43. The van der Waals surface area contributed by atoms with Crippen molar-refractivity contribution in [2.24, 2.45) is 0 Å². The smallest absolute Gasteiger partial charge is 0.344 e. The molecule has 0 fully saturated rings. The first-order valence-electron chi connectivity index (χ1n) is 10.3. The van der Waals surface area contributed by atoms with Gasteiger partial charge >= 0.3 is 5.63 Å². The minimum Gasteiger partial charge on any atom is -0.422 e. The van der Waals surface area contributed by atoms with E-state index in [-0.39, 0.29) is 5.91 Å². The van der Waals surface area contributed by atoms with E-state index >= 15 is 0 Å². The summed E-state index contributed by atoms with van der Waals surface area (Å²) in [5, 5.41) is 3.95. The maximum Gasteiger partial charge on any atom is 0.344 e. The average molecular weight is 444 g/mol. The van der Waals surface area contributed by atoms with Gasteiger partial charge in [0, 0.05) is 22.7 Å². The molecule has 0 spiro atoms. The second kappa shape index (κ2) is 9.25. The van der Waals surface area contributed by atoms with Gasteiger partial charge in [-0.05, 0) is 47.4 Å². The molecule has 0 unspecified atom stereocenters. The van der Waals surface area contributed by atoms with Crippen molar-refractivity contribution in [3.05, 3.63) is 105 Å². The SMILES string of the molecule is CC(C)c1ccc(/C=C/C(=O)Nc2ccc(-c3cc4ccccc4oc3=O)c(Cl)c2)cc1. The topological polar surface area (TPSA) is 59.3 Å². The Hall–Kier alpha value is -3.63. The van der Waals surface area contributed by atoms with Crippen LogP contribution >= 0.6 is 11.6 Å². The molecule has 0 saturated heterocycles. The number of rotatable bonds is 5. The molecule has 4 nitrogen and oxygen atoms in total. The van der Waals surface area contributed by atoms with E-state index in [0.717, 1.165) is 10.9 Å². The van der Waals surface area contributed by atoms with E-state index in [9.17, 15) is 9.59 Å². The lowest BCUT2D eigenvalue weighted by Gasteiger charge is -2.08. The van der Waals surface area contributed by atoms with Crippen LogP contribution in [0, 0.1) is 0 Å². The molecule has 0 aliphatic carbocycles. The lowest BCUT2D eigenvalue weighted by molar-refractivity contribution is -0.111. The van der Waals surface area contributed by atoms with Crippen molar-refractivity contribution in [1.82, 2.24) is 0 Å². The van der Waals surface area contributed by atoms with E-state index < -0.39 is 5.63 Å². The molecule has 0 bridgehead atoms. The number of carbonyl (C=O) groups is 1. The summed E-state index contributed by atoms with van der Waals surface area (Å²) in [6.45, 7) is 4.28. The van der Waals surface area contributed by atoms with Crippen molar-refractivity contribution >= 4 is 40.2 Å². The molecule has 1 aromatic heterocycles. The monoisotopic (exact) mass is 443 g/mol. The fraction of sp³-hybridized carbons (Fsp3) is 0.111. The molecular formula is C27H22ClNO3. The fourth-order valence-electron chi connectivity index (χ4n) is 3.41. The van der Waals surface area contributed by atoms with Crippen LogP contribution in [0.4, 0.5) is 5.69 Å². The van der Waals surface area contributed by atoms with Crippen LogP contribution in [0.3, 0.4) is 0 Å². The Morgan fingerprint density at radius 1 is 0.969 bits per heavy atom. The molecule has 0 radical (unpaired) electrons. The highest BCUT2D eigenvalue weighted by molar-refractivity contribution is 6.33. The van der Waals surface area contributed by atoms with Crippen molar-refractivity contribution in [1.29, 1.82) is 0 Å². The average Bonchev–Trinajstić information content (AvgIpc) is 2.78. The van der Waals surface area contributed by atoms with E-state index in [1.165, 1.54) is 11.6 Å². The molecule has 4 rings (SSSR count). The van der Waals surface area contributed by atoms with Gasteiger partial charge in [0.15, 0.2) is 0 Å². The second-order valence-electron chi connectivity index (χ2n) is 7.82. The first kappa shape index (κ1) is 21.6. The minimum absolute atomic E-state index is 0.271. The number of para-hydroxylation sites is 1. The third-order valence-electron chi connectivity index (χ3n) is 5.20. The number of amides is 1.